The van der Waals surface area contributed by atoms with Crippen molar-refractivity contribution in [2.24, 2.45) is 0 Å². The molecule has 0 radical (unpaired) electrons. The van der Waals surface area contributed by atoms with Gasteiger partial charge in [0, 0.05) is 12.0 Å². The molecule has 5 nitrogen and oxygen atoms in total. The quantitative estimate of drug-likeness (QED) is 0.785. The molecule has 0 saturated heterocycles. The van der Waals surface area contributed by atoms with Crippen molar-refractivity contribution in [3.63, 3.8) is 0 Å². The van der Waals surface area contributed by atoms with Gasteiger partial charge in [-0.1, -0.05) is 18.2 Å². The van der Waals surface area contributed by atoms with Crippen LogP contribution in [-0.2, 0) is 24.5 Å². The van der Waals surface area contributed by atoms with E-state index < -0.39 is 17.4 Å². The zero-order valence-corrected chi connectivity index (χ0v) is 13.6. The van der Waals surface area contributed by atoms with Gasteiger partial charge >= 0.3 is 11.9 Å². The molecule has 1 aromatic rings. The fraction of sp³-hybridized carbons (Fsp3) is 0.333. The van der Waals surface area contributed by atoms with Gasteiger partial charge in [0.1, 0.15) is 11.5 Å². The molecule has 1 heterocycles. The Kier molecular flexibility index (Phi) is 3.51. The van der Waals surface area contributed by atoms with E-state index in [9.17, 15) is 9.59 Å². The van der Waals surface area contributed by atoms with Crippen LogP contribution in [0.2, 0.25) is 0 Å². The number of para-hydroxylation sites is 1. The summed E-state index contributed by atoms with van der Waals surface area (Å²) in [5, 5.41) is 0. The number of ether oxygens (including phenoxy) is 3. The topological polar surface area (TPSA) is 61.8 Å². The van der Waals surface area contributed by atoms with Crippen LogP contribution < -0.4 is 4.74 Å². The molecule has 0 spiro atoms. The summed E-state index contributed by atoms with van der Waals surface area (Å²) in [5.41, 5.74) is 1.50. The molecular formula is C18H18O5. The highest BCUT2D eigenvalue weighted by Crippen LogP contribution is 2.54. The minimum absolute atomic E-state index is 0.289. The molecule has 120 valence electrons. The van der Waals surface area contributed by atoms with Gasteiger partial charge in [-0.05, 0) is 25.5 Å². The van der Waals surface area contributed by atoms with Crippen molar-refractivity contribution in [1.29, 1.82) is 0 Å². The number of allylic oxidation sites excluding steroid dienone is 2. The van der Waals surface area contributed by atoms with Crippen molar-refractivity contribution < 1.29 is 23.8 Å². The summed E-state index contributed by atoms with van der Waals surface area (Å²) in [6.45, 7) is 3.78. The first-order chi connectivity index (χ1) is 10.9. The van der Waals surface area contributed by atoms with Crippen molar-refractivity contribution in [2.45, 2.75) is 25.7 Å². The fourth-order valence-corrected chi connectivity index (χ4v) is 3.53. The predicted molar refractivity (Wildman–Crippen MR) is 82.8 cm³/mol. The molecule has 0 aromatic heterocycles. The number of carbonyl (C=O) groups is 2. The molecule has 23 heavy (non-hydrogen) atoms. The van der Waals surface area contributed by atoms with Gasteiger partial charge in [0.05, 0.1) is 30.8 Å². The fourth-order valence-electron chi connectivity index (χ4n) is 3.53. The number of hydrogen-bond donors (Lipinski definition) is 0. The average molecular weight is 314 g/mol. The van der Waals surface area contributed by atoms with E-state index in [1.165, 1.54) is 14.2 Å². The Hall–Kier alpha value is -2.56. The predicted octanol–water partition coefficient (Wildman–Crippen LogP) is 2.66. The summed E-state index contributed by atoms with van der Waals surface area (Å²) in [5.74, 6) is 0.316. The maximum atomic E-state index is 12.5. The number of fused-ring (bicyclic) bond motifs is 3. The molecule has 0 bridgehead atoms. The Morgan fingerprint density at radius 1 is 1.13 bits per heavy atom. The summed E-state index contributed by atoms with van der Waals surface area (Å²) in [6.07, 6.45) is 0.302. The first kappa shape index (κ1) is 15.3. The zero-order valence-electron chi connectivity index (χ0n) is 13.6. The first-order valence-corrected chi connectivity index (χ1v) is 7.33. The standard InChI is InChI=1S/C18H18O5/c1-10-9-11(16(19)21-3)14(17(20)22-4)18(2)12-7-5-6-8-13(12)23-15(10)18/h5-8H,9H2,1-4H3. The lowest BCUT2D eigenvalue weighted by atomic mass is 9.68. The third-order valence-electron chi connectivity index (χ3n) is 4.54. The van der Waals surface area contributed by atoms with Gasteiger partial charge in [-0.25, -0.2) is 9.59 Å². The van der Waals surface area contributed by atoms with Crippen LogP contribution in [0.3, 0.4) is 0 Å². The molecule has 1 aliphatic heterocycles. The smallest absolute Gasteiger partial charge is 0.335 e. The number of carbonyl (C=O) groups excluding carboxylic acids is 2. The van der Waals surface area contributed by atoms with Crippen LogP contribution >= 0.6 is 0 Å². The van der Waals surface area contributed by atoms with Crippen molar-refractivity contribution in [3.8, 4) is 5.75 Å². The molecule has 2 aliphatic rings. The van der Waals surface area contributed by atoms with Crippen LogP contribution in [0.1, 0.15) is 25.8 Å². The van der Waals surface area contributed by atoms with E-state index in [0.29, 0.717) is 23.5 Å². The second-order valence-electron chi connectivity index (χ2n) is 5.85. The lowest BCUT2D eigenvalue weighted by molar-refractivity contribution is -0.140. The van der Waals surface area contributed by atoms with Crippen molar-refractivity contribution in [2.75, 3.05) is 14.2 Å². The summed E-state index contributed by atoms with van der Waals surface area (Å²) < 4.78 is 15.8. The Morgan fingerprint density at radius 3 is 2.43 bits per heavy atom. The van der Waals surface area contributed by atoms with Crippen LogP contribution in [-0.4, -0.2) is 26.2 Å². The van der Waals surface area contributed by atoms with Gasteiger partial charge < -0.3 is 14.2 Å². The molecule has 0 N–H and O–H groups in total. The summed E-state index contributed by atoms with van der Waals surface area (Å²) in [7, 11) is 2.61. The van der Waals surface area contributed by atoms with E-state index >= 15 is 0 Å². The largest absolute Gasteiger partial charge is 0.466 e. The molecule has 0 amide bonds. The number of methoxy groups -OCH3 is 2. The van der Waals surface area contributed by atoms with Crippen LogP contribution in [0.5, 0.6) is 5.75 Å². The Balaban J connectivity index is 2.33. The van der Waals surface area contributed by atoms with E-state index in [1.807, 2.05) is 38.1 Å². The van der Waals surface area contributed by atoms with E-state index in [-0.39, 0.29) is 5.57 Å². The van der Waals surface area contributed by atoms with E-state index in [0.717, 1.165) is 11.1 Å². The SMILES string of the molecule is COC(=O)C1=C(C(=O)OC)C2(C)C(=C(C)C1)Oc1ccccc12. The van der Waals surface area contributed by atoms with Crippen LogP contribution in [0.4, 0.5) is 0 Å². The molecule has 5 heteroatoms. The van der Waals surface area contributed by atoms with Crippen LogP contribution in [0, 0.1) is 0 Å². The van der Waals surface area contributed by atoms with Crippen LogP contribution in [0.25, 0.3) is 0 Å². The molecule has 0 saturated carbocycles. The molecular weight excluding hydrogens is 296 g/mol. The van der Waals surface area contributed by atoms with E-state index in [1.54, 1.807) is 0 Å². The maximum Gasteiger partial charge on any atom is 0.335 e. The van der Waals surface area contributed by atoms with Gasteiger partial charge in [-0.2, -0.15) is 0 Å². The highest BCUT2D eigenvalue weighted by molar-refractivity contribution is 6.04. The zero-order chi connectivity index (χ0) is 16.8. The summed E-state index contributed by atoms with van der Waals surface area (Å²) >= 11 is 0. The number of benzene rings is 1. The second kappa shape index (κ2) is 5.26. The van der Waals surface area contributed by atoms with Gasteiger partial charge in [0.25, 0.3) is 0 Å². The Morgan fingerprint density at radius 2 is 1.78 bits per heavy atom. The van der Waals surface area contributed by atoms with E-state index in [2.05, 4.69) is 0 Å². The van der Waals surface area contributed by atoms with Crippen LogP contribution in [0.15, 0.2) is 46.7 Å². The third kappa shape index (κ3) is 2.00. The van der Waals surface area contributed by atoms with Gasteiger partial charge in [-0.15, -0.1) is 0 Å². The van der Waals surface area contributed by atoms with Crippen molar-refractivity contribution in [3.05, 3.63) is 52.3 Å². The third-order valence-corrected chi connectivity index (χ3v) is 4.54. The van der Waals surface area contributed by atoms with Gasteiger partial charge in [0.2, 0.25) is 0 Å². The first-order valence-electron chi connectivity index (χ1n) is 7.33. The normalized spacial score (nSPS) is 22.3. The van der Waals surface area contributed by atoms with Gasteiger partial charge in [0.15, 0.2) is 0 Å². The lowest BCUT2D eigenvalue weighted by Crippen LogP contribution is -2.36. The van der Waals surface area contributed by atoms with Crippen molar-refractivity contribution in [1.82, 2.24) is 0 Å². The molecule has 1 aliphatic carbocycles. The second-order valence-corrected chi connectivity index (χ2v) is 5.85. The molecule has 0 fully saturated rings. The number of esters is 2. The highest BCUT2D eigenvalue weighted by Gasteiger charge is 2.52. The maximum absolute atomic E-state index is 12.5. The minimum Gasteiger partial charge on any atom is -0.466 e. The van der Waals surface area contributed by atoms with Gasteiger partial charge in [-0.3, -0.25) is 0 Å². The Labute approximate surface area is 134 Å². The van der Waals surface area contributed by atoms with Crippen molar-refractivity contribution >= 4 is 11.9 Å². The highest BCUT2D eigenvalue weighted by atomic mass is 16.5. The lowest BCUT2D eigenvalue weighted by Gasteiger charge is -2.33. The summed E-state index contributed by atoms with van der Waals surface area (Å²) in [6, 6.07) is 7.51. The molecule has 1 unspecified atom stereocenters. The monoisotopic (exact) mass is 314 g/mol. The number of hydrogen-bond acceptors (Lipinski definition) is 5. The summed E-state index contributed by atoms with van der Waals surface area (Å²) in [4.78, 5) is 24.7. The molecule has 1 atom stereocenters. The number of rotatable bonds is 2. The Bertz CT molecular complexity index is 771. The van der Waals surface area contributed by atoms with E-state index in [4.69, 9.17) is 14.2 Å². The average Bonchev–Trinajstić information content (AvgIpc) is 2.87. The molecule has 1 aromatic carbocycles. The minimum atomic E-state index is -0.852. The molecule has 3 rings (SSSR count).